The number of aromatic carboxylic acids is 1. The van der Waals surface area contributed by atoms with Gasteiger partial charge in [0.2, 0.25) is 0 Å². The first kappa shape index (κ1) is 17.0. The second kappa shape index (κ2) is 7.66. The van der Waals surface area contributed by atoms with Gasteiger partial charge in [-0.3, -0.25) is 4.98 Å². The Bertz CT molecular complexity index is 634. The molecule has 21 heavy (non-hydrogen) atoms. The summed E-state index contributed by atoms with van der Waals surface area (Å²) in [6.07, 6.45) is 1.87. The summed E-state index contributed by atoms with van der Waals surface area (Å²) in [5.74, 6) is -0.416. The number of fused-ring (bicyclic) bond motifs is 1. The number of halogens is 1. The van der Waals surface area contributed by atoms with Gasteiger partial charge in [0.1, 0.15) is 11.3 Å². The zero-order chi connectivity index (χ0) is 14.5. The molecule has 1 heterocycles. The first-order valence-electron chi connectivity index (χ1n) is 6.22. The number of carboxylic acids is 1. The highest BCUT2D eigenvalue weighted by atomic mass is 35.5. The zero-order valence-electron chi connectivity index (χ0n) is 11.5. The number of aromatic nitrogens is 1. The van der Waals surface area contributed by atoms with Crippen molar-refractivity contribution in [1.29, 1.82) is 0 Å². The Labute approximate surface area is 128 Å². The van der Waals surface area contributed by atoms with E-state index in [0.717, 1.165) is 0 Å². The maximum Gasteiger partial charge on any atom is 0.339 e. The number of rotatable bonds is 6. The minimum Gasteiger partial charge on any atom is -0.497 e. The van der Waals surface area contributed by atoms with E-state index in [1.165, 1.54) is 6.20 Å². The van der Waals surface area contributed by atoms with Gasteiger partial charge >= 0.3 is 5.97 Å². The quantitative estimate of drug-likeness (QED) is 0.708. The van der Waals surface area contributed by atoms with E-state index < -0.39 is 5.97 Å². The zero-order valence-corrected chi connectivity index (χ0v) is 12.3. The second-order valence-corrected chi connectivity index (χ2v) is 4.24. The minimum atomic E-state index is -1.05. The van der Waals surface area contributed by atoms with E-state index in [1.807, 2.05) is 0 Å². The molecule has 0 saturated heterocycles. The van der Waals surface area contributed by atoms with E-state index in [-0.39, 0.29) is 24.6 Å². The van der Waals surface area contributed by atoms with Crippen molar-refractivity contribution in [2.75, 3.05) is 25.6 Å². The highest BCUT2D eigenvalue weighted by Crippen LogP contribution is 2.29. The van der Waals surface area contributed by atoms with Crippen LogP contribution in [-0.2, 0) is 0 Å². The monoisotopic (exact) mass is 312 g/mol. The van der Waals surface area contributed by atoms with Crippen molar-refractivity contribution in [3.63, 3.8) is 0 Å². The molecule has 0 atom stereocenters. The number of methoxy groups -OCH3 is 1. The number of carbonyl (C=O) groups is 1. The van der Waals surface area contributed by atoms with Crippen molar-refractivity contribution >= 4 is 35.0 Å². The molecule has 0 radical (unpaired) electrons. The van der Waals surface area contributed by atoms with Gasteiger partial charge in [-0.1, -0.05) is 0 Å². The highest BCUT2D eigenvalue weighted by Gasteiger charge is 2.14. The largest absolute Gasteiger partial charge is 0.497 e. The molecule has 0 unspecified atom stereocenters. The Balaban J connectivity index is 0.00000220. The lowest BCUT2D eigenvalue weighted by atomic mass is 10.1. The Morgan fingerprint density at radius 1 is 1.43 bits per heavy atom. The average Bonchev–Trinajstić information content (AvgIpc) is 2.46. The molecule has 1 aromatic heterocycles. The maximum atomic E-state index is 11.3. The van der Waals surface area contributed by atoms with Gasteiger partial charge in [0.15, 0.2) is 0 Å². The SMILES string of the molecule is COc1ccc2ncc(C(=O)O)c(NCCCO)c2c1.Cl. The van der Waals surface area contributed by atoms with Gasteiger partial charge < -0.3 is 20.3 Å². The summed E-state index contributed by atoms with van der Waals surface area (Å²) in [6.45, 7) is 0.523. The third-order valence-corrected chi connectivity index (χ3v) is 2.94. The lowest BCUT2D eigenvalue weighted by Gasteiger charge is -2.13. The Morgan fingerprint density at radius 2 is 2.19 bits per heavy atom. The van der Waals surface area contributed by atoms with Crippen LogP contribution in [0.5, 0.6) is 5.75 Å². The molecule has 2 aromatic rings. The molecule has 0 bridgehead atoms. The van der Waals surface area contributed by atoms with Crippen molar-refractivity contribution in [1.82, 2.24) is 4.98 Å². The highest BCUT2D eigenvalue weighted by molar-refractivity contribution is 6.04. The number of aliphatic hydroxyl groups excluding tert-OH is 1. The van der Waals surface area contributed by atoms with E-state index in [4.69, 9.17) is 9.84 Å². The van der Waals surface area contributed by atoms with Crippen molar-refractivity contribution in [3.8, 4) is 5.75 Å². The molecule has 0 amide bonds. The number of carboxylic acid groups (broad SMARTS) is 1. The summed E-state index contributed by atoms with van der Waals surface area (Å²) in [5, 5.41) is 21.8. The van der Waals surface area contributed by atoms with E-state index in [1.54, 1.807) is 25.3 Å². The normalized spacial score (nSPS) is 10.0. The number of nitrogens with one attached hydrogen (secondary N) is 1. The molecule has 3 N–H and O–H groups in total. The fourth-order valence-corrected chi connectivity index (χ4v) is 1.94. The van der Waals surface area contributed by atoms with Crippen LogP contribution >= 0.6 is 12.4 Å². The molecule has 0 aliphatic rings. The van der Waals surface area contributed by atoms with E-state index >= 15 is 0 Å². The van der Waals surface area contributed by atoms with Crippen LogP contribution in [0.2, 0.25) is 0 Å². The molecule has 7 heteroatoms. The summed E-state index contributed by atoms with van der Waals surface area (Å²) in [4.78, 5) is 15.4. The van der Waals surface area contributed by atoms with Crippen LogP contribution in [0.3, 0.4) is 0 Å². The predicted molar refractivity (Wildman–Crippen MR) is 82.7 cm³/mol. The predicted octanol–water partition coefficient (Wildman–Crippen LogP) is 2.16. The number of hydrogen-bond acceptors (Lipinski definition) is 5. The van der Waals surface area contributed by atoms with E-state index in [0.29, 0.717) is 35.3 Å². The topological polar surface area (TPSA) is 91.7 Å². The smallest absolute Gasteiger partial charge is 0.339 e. The molecule has 6 nitrogen and oxygen atoms in total. The molecule has 0 aliphatic carbocycles. The van der Waals surface area contributed by atoms with Gasteiger partial charge in [-0.05, 0) is 24.6 Å². The van der Waals surface area contributed by atoms with Crippen LogP contribution in [0, 0.1) is 0 Å². The summed E-state index contributed by atoms with van der Waals surface area (Å²) >= 11 is 0. The number of nitrogens with zero attached hydrogens (tertiary/aromatic N) is 1. The van der Waals surface area contributed by atoms with Crippen LogP contribution in [0.1, 0.15) is 16.8 Å². The summed E-state index contributed by atoms with van der Waals surface area (Å²) in [5.41, 5.74) is 1.28. The van der Waals surface area contributed by atoms with Crippen LogP contribution in [-0.4, -0.2) is 41.4 Å². The second-order valence-electron chi connectivity index (χ2n) is 4.24. The molecular weight excluding hydrogens is 296 g/mol. The number of pyridine rings is 1. The van der Waals surface area contributed by atoms with Crippen LogP contribution in [0.4, 0.5) is 5.69 Å². The molecule has 114 valence electrons. The molecular formula is C14H17ClN2O4. The lowest BCUT2D eigenvalue weighted by molar-refractivity contribution is 0.0697. The van der Waals surface area contributed by atoms with Gasteiger partial charge in [-0.2, -0.15) is 0 Å². The summed E-state index contributed by atoms with van der Waals surface area (Å²) < 4.78 is 5.16. The average molecular weight is 313 g/mol. The van der Waals surface area contributed by atoms with E-state index in [2.05, 4.69) is 10.3 Å². The molecule has 2 rings (SSSR count). The van der Waals surface area contributed by atoms with Gasteiger partial charge in [-0.25, -0.2) is 4.79 Å². The first-order valence-corrected chi connectivity index (χ1v) is 6.22. The maximum absolute atomic E-state index is 11.3. The fourth-order valence-electron chi connectivity index (χ4n) is 1.94. The molecule has 0 spiro atoms. The summed E-state index contributed by atoms with van der Waals surface area (Å²) in [6, 6.07) is 5.29. The molecule has 0 saturated carbocycles. The van der Waals surface area contributed by atoms with Crippen molar-refractivity contribution < 1.29 is 19.7 Å². The van der Waals surface area contributed by atoms with Gasteiger partial charge in [0.25, 0.3) is 0 Å². The standard InChI is InChI=1S/C14H16N2O4.ClH/c1-20-9-3-4-12-10(7-9)13(15-5-2-6-17)11(8-16-12)14(18)19;/h3-4,7-8,17H,2,5-6H2,1H3,(H,15,16)(H,18,19);1H. The molecule has 1 aromatic carbocycles. The third kappa shape index (κ3) is 3.74. The third-order valence-electron chi connectivity index (χ3n) is 2.94. The van der Waals surface area contributed by atoms with Gasteiger partial charge in [-0.15, -0.1) is 12.4 Å². The minimum absolute atomic E-state index is 0. The number of hydrogen-bond donors (Lipinski definition) is 3. The Morgan fingerprint density at radius 3 is 2.81 bits per heavy atom. The summed E-state index contributed by atoms with van der Waals surface area (Å²) in [7, 11) is 1.55. The Hall–Kier alpha value is -2.05. The van der Waals surface area contributed by atoms with Crippen LogP contribution in [0.25, 0.3) is 10.9 Å². The van der Waals surface area contributed by atoms with Crippen molar-refractivity contribution in [2.45, 2.75) is 6.42 Å². The fraction of sp³-hybridized carbons (Fsp3) is 0.286. The van der Waals surface area contributed by atoms with Crippen molar-refractivity contribution in [2.24, 2.45) is 0 Å². The molecule has 0 aliphatic heterocycles. The molecule has 0 fully saturated rings. The van der Waals surface area contributed by atoms with E-state index in [9.17, 15) is 9.90 Å². The number of anilines is 1. The van der Waals surface area contributed by atoms with Crippen LogP contribution < -0.4 is 10.1 Å². The number of benzene rings is 1. The Kier molecular flexibility index (Phi) is 6.20. The lowest BCUT2D eigenvalue weighted by Crippen LogP contribution is -2.10. The van der Waals surface area contributed by atoms with Crippen molar-refractivity contribution in [3.05, 3.63) is 30.0 Å². The van der Waals surface area contributed by atoms with Crippen LogP contribution in [0.15, 0.2) is 24.4 Å². The number of aliphatic hydroxyl groups is 1. The van der Waals surface area contributed by atoms with Gasteiger partial charge in [0.05, 0.1) is 18.3 Å². The first-order chi connectivity index (χ1) is 9.67. The number of ether oxygens (including phenoxy) is 1. The van der Waals surface area contributed by atoms with Gasteiger partial charge in [0, 0.05) is 24.7 Å².